The summed E-state index contributed by atoms with van der Waals surface area (Å²) in [5.74, 6) is -0.482. The monoisotopic (exact) mass is 396 g/mol. The number of rotatable bonds is 6. The molecule has 2 aromatic carbocycles. The van der Waals surface area contributed by atoms with E-state index in [9.17, 15) is 13.2 Å². The van der Waals surface area contributed by atoms with E-state index >= 15 is 0 Å². The van der Waals surface area contributed by atoms with Crippen LogP contribution in [0.25, 0.3) is 10.9 Å². The van der Waals surface area contributed by atoms with Gasteiger partial charge in [-0.05, 0) is 48.6 Å². The highest BCUT2D eigenvalue weighted by molar-refractivity contribution is 7.89. The topological polar surface area (TPSA) is 70.2 Å². The molecule has 6 heteroatoms. The Labute approximate surface area is 165 Å². The van der Waals surface area contributed by atoms with Crippen LogP contribution < -0.4 is 0 Å². The summed E-state index contributed by atoms with van der Waals surface area (Å²) in [6.45, 7) is 2.32. The lowest BCUT2D eigenvalue weighted by Gasteiger charge is -2.26. The summed E-state index contributed by atoms with van der Waals surface area (Å²) < 4.78 is 27.2. The molecule has 4 rings (SSSR count). The van der Waals surface area contributed by atoms with Crippen LogP contribution in [0.2, 0.25) is 0 Å². The first-order chi connectivity index (χ1) is 13.5. The second-order valence-corrected chi connectivity index (χ2v) is 9.12. The molecule has 1 aliphatic heterocycles. The van der Waals surface area contributed by atoms with Crippen LogP contribution in [0.5, 0.6) is 0 Å². The molecular formula is C22H24N2O3S. The summed E-state index contributed by atoms with van der Waals surface area (Å²) >= 11 is 0. The zero-order valence-corrected chi connectivity index (χ0v) is 16.8. The number of fused-ring (bicyclic) bond motifs is 3. The number of benzene rings is 2. The van der Waals surface area contributed by atoms with Gasteiger partial charge in [-0.1, -0.05) is 50.1 Å². The van der Waals surface area contributed by atoms with Crippen molar-refractivity contribution in [3.63, 3.8) is 0 Å². The summed E-state index contributed by atoms with van der Waals surface area (Å²) in [7, 11) is -3.87. The molecule has 1 amide bonds. The van der Waals surface area contributed by atoms with E-state index < -0.39 is 15.9 Å². The molecule has 0 unspecified atom stereocenters. The van der Waals surface area contributed by atoms with E-state index in [1.807, 2.05) is 36.4 Å². The number of H-pyrrole nitrogens is 1. The lowest BCUT2D eigenvalue weighted by atomic mass is 10.0. The number of hydrogen-bond acceptors (Lipinski definition) is 3. The molecule has 1 aliphatic rings. The molecule has 1 N–H and O–H groups in total. The average Bonchev–Trinajstić information content (AvgIpc) is 3.08. The van der Waals surface area contributed by atoms with Crippen molar-refractivity contribution < 1.29 is 13.2 Å². The number of aromatic amines is 1. The van der Waals surface area contributed by atoms with Crippen molar-refractivity contribution in [2.45, 2.75) is 43.9 Å². The zero-order valence-electron chi connectivity index (χ0n) is 15.9. The molecule has 0 atom stereocenters. The van der Waals surface area contributed by atoms with Gasteiger partial charge in [-0.2, -0.15) is 0 Å². The molecule has 0 spiro atoms. The van der Waals surface area contributed by atoms with Gasteiger partial charge in [0.2, 0.25) is 0 Å². The predicted octanol–water partition coefficient (Wildman–Crippen LogP) is 4.29. The van der Waals surface area contributed by atoms with Crippen LogP contribution in [0, 0.1) is 0 Å². The number of amides is 1. The van der Waals surface area contributed by atoms with Crippen molar-refractivity contribution in [2.75, 3.05) is 6.54 Å². The number of unbranched alkanes of at least 4 members (excludes halogenated alkanes) is 2. The minimum Gasteiger partial charge on any atom is -0.350 e. The number of sulfonamides is 1. The standard InChI is InChI=1S/C22H24N2O3S/c1-2-3-4-7-16-10-12-17(13-11-16)28(26,27)24-15-14-19-18-8-5-6-9-20(18)23-21(19)22(24)25/h5-6,8-13,23H,2-4,7,14-15H2,1H3. The van der Waals surface area contributed by atoms with Gasteiger partial charge in [-0.25, -0.2) is 12.7 Å². The normalized spacial score (nSPS) is 14.5. The predicted molar refractivity (Wildman–Crippen MR) is 110 cm³/mol. The van der Waals surface area contributed by atoms with Crippen LogP contribution in [-0.2, 0) is 22.9 Å². The fourth-order valence-electron chi connectivity index (χ4n) is 3.85. The number of para-hydroxylation sites is 1. The SMILES string of the molecule is CCCCCc1ccc(S(=O)(=O)N2CCc3c([nH]c4ccccc34)C2=O)cc1. The van der Waals surface area contributed by atoms with E-state index in [0.29, 0.717) is 12.1 Å². The van der Waals surface area contributed by atoms with E-state index in [2.05, 4.69) is 11.9 Å². The highest BCUT2D eigenvalue weighted by Crippen LogP contribution is 2.30. The fourth-order valence-corrected chi connectivity index (χ4v) is 5.22. The van der Waals surface area contributed by atoms with Gasteiger partial charge >= 0.3 is 0 Å². The first kappa shape index (κ1) is 18.7. The van der Waals surface area contributed by atoms with Crippen molar-refractivity contribution in [3.05, 3.63) is 65.4 Å². The zero-order chi connectivity index (χ0) is 19.7. The van der Waals surface area contributed by atoms with Gasteiger partial charge in [-0.15, -0.1) is 0 Å². The number of aromatic nitrogens is 1. The van der Waals surface area contributed by atoms with Crippen molar-refractivity contribution in [1.82, 2.24) is 9.29 Å². The maximum absolute atomic E-state index is 13.1. The minimum absolute atomic E-state index is 0.161. The molecule has 3 aromatic rings. The Morgan fingerprint density at radius 2 is 1.79 bits per heavy atom. The number of hydrogen-bond donors (Lipinski definition) is 1. The largest absolute Gasteiger partial charge is 0.350 e. The molecule has 5 nitrogen and oxygen atoms in total. The summed E-state index contributed by atoms with van der Waals surface area (Å²) in [5, 5.41) is 0.985. The third-order valence-electron chi connectivity index (χ3n) is 5.40. The van der Waals surface area contributed by atoms with Gasteiger partial charge < -0.3 is 4.98 Å². The van der Waals surface area contributed by atoms with Crippen LogP contribution in [0.15, 0.2) is 53.4 Å². The van der Waals surface area contributed by atoms with Gasteiger partial charge in [-0.3, -0.25) is 4.79 Å². The Bertz CT molecular complexity index is 1110. The van der Waals surface area contributed by atoms with Crippen LogP contribution in [-0.4, -0.2) is 30.2 Å². The molecule has 0 aliphatic carbocycles. The van der Waals surface area contributed by atoms with Gasteiger partial charge in [0, 0.05) is 17.4 Å². The van der Waals surface area contributed by atoms with Gasteiger partial charge in [0.1, 0.15) is 5.69 Å². The number of carbonyl (C=O) groups excluding carboxylic acids is 1. The van der Waals surface area contributed by atoms with Crippen molar-refractivity contribution in [1.29, 1.82) is 0 Å². The Morgan fingerprint density at radius 3 is 2.54 bits per heavy atom. The quantitative estimate of drug-likeness (QED) is 0.632. The van der Waals surface area contributed by atoms with Crippen molar-refractivity contribution in [3.8, 4) is 0 Å². The van der Waals surface area contributed by atoms with Crippen LogP contribution in [0.3, 0.4) is 0 Å². The summed E-state index contributed by atoms with van der Waals surface area (Å²) in [5.41, 5.74) is 3.26. The highest BCUT2D eigenvalue weighted by atomic mass is 32.2. The molecule has 0 saturated heterocycles. The first-order valence-corrected chi connectivity index (χ1v) is 11.2. The highest BCUT2D eigenvalue weighted by Gasteiger charge is 2.36. The molecule has 0 fully saturated rings. The number of nitrogens with zero attached hydrogens (tertiary/aromatic N) is 1. The number of nitrogens with one attached hydrogen (secondary N) is 1. The van der Waals surface area contributed by atoms with Crippen LogP contribution in [0.1, 0.15) is 47.8 Å². The summed E-state index contributed by atoms with van der Waals surface area (Å²) in [6.07, 6.45) is 4.86. The molecule has 2 heterocycles. The van der Waals surface area contributed by atoms with E-state index in [-0.39, 0.29) is 11.4 Å². The summed E-state index contributed by atoms with van der Waals surface area (Å²) in [4.78, 5) is 16.2. The maximum Gasteiger partial charge on any atom is 0.284 e. The van der Waals surface area contributed by atoms with Gasteiger partial charge in [0.05, 0.1) is 4.90 Å². The van der Waals surface area contributed by atoms with E-state index in [0.717, 1.165) is 52.0 Å². The molecule has 28 heavy (non-hydrogen) atoms. The third-order valence-corrected chi connectivity index (χ3v) is 7.20. The fraction of sp³-hybridized carbons (Fsp3) is 0.318. The molecule has 0 bridgehead atoms. The Balaban J connectivity index is 1.60. The lowest BCUT2D eigenvalue weighted by molar-refractivity contribution is 0.0845. The smallest absolute Gasteiger partial charge is 0.284 e. The van der Waals surface area contributed by atoms with Gasteiger partial charge in [0.25, 0.3) is 15.9 Å². The lowest BCUT2D eigenvalue weighted by Crippen LogP contribution is -2.41. The molecule has 1 aromatic heterocycles. The van der Waals surface area contributed by atoms with E-state index in [1.54, 1.807) is 12.1 Å². The van der Waals surface area contributed by atoms with Crippen LogP contribution in [0.4, 0.5) is 0 Å². The van der Waals surface area contributed by atoms with Gasteiger partial charge in [0.15, 0.2) is 0 Å². The second kappa shape index (κ2) is 7.43. The summed E-state index contributed by atoms with van der Waals surface area (Å²) in [6, 6.07) is 14.6. The molecule has 0 saturated carbocycles. The Hall–Kier alpha value is -2.60. The van der Waals surface area contributed by atoms with E-state index in [1.165, 1.54) is 0 Å². The molecular weight excluding hydrogens is 372 g/mol. The first-order valence-electron chi connectivity index (χ1n) is 9.78. The molecule has 0 radical (unpaired) electrons. The Morgan fingerprint density at radius 1 is 1.04 bits per heavy atom. The van der Waals surface area contributed by atoms with Crippen LogP contribution >= 0.6 is 0 Å². The maximum atomic E-state index is 13.1. The third kappa shape index (κ3) is 3.22. The van der Waals surface area contributed by atoms with E-state index in [4.69, 9.17) is 0 Å². The second-order valence-electron chi connectivity index (χ2n) is 7.26. The van der Waals surface area contributed by atoms with Crippen molar-refractivity contribution >= 4 is 26.8 Å². The minimum atomic E-state index is -3.87. The van der Waals surface area contributed by atoms with Crippen molar-refractivity contribution in [2.24, 2.45) is 0 Å². The Kier molecular flexibility index (Phi) is 4.98. The average molecular weight is 397 g/mol. The number of aryl methyl sites for hydroxylation is 1. The number of carbonyl (C=O) groups is 1. The molecule has 146 valence electrons.